The van der Waals surface area contributed by atoms with Crippen LogP contribution in [0.5, 0.6) is 0 Å². The van der Waals surface area contributed by atoms with Crippen molar-refractivity contribution < 1.29 is 23.8 Å². The van der Waals surface area contributed by atoms with Crippen LogP contribution in [-0.2, 0) is 25.5 Å². The van der Waals surface area contributed by atoms with Crippen LogP contribution >= 0.6 is 0 Å². The molecule has 7 heteroatoms. The van der Waals surface area contributed by atoms with Gasteiger partial charge in [-0.15, -0.1) is 0 Å². The normalized spacial score (nSPS) is 10.6. The minimum absolute atomic E-state index is 0.00365. The van der Waals surface area contributed by atoms with Crippen LogP contribution in [0.25, 0.3) is 0 Å². The van der Waals surface area contributed by atoms with Crippen molar-refractivity contribution in [3.8, 4) is 0 Å². The highest BCUT2D eigenvalue weighted by Crippen LogP contribution is 2.05. The summed E-state index contributed by atoms with van der Waals surface area (Å²) in [6.07, 6.45) is 0. The Bertz CT molecular complexity index is 522. The van der Waals surface area contributed by atoms with E-state index in [4.69, 9.17) is 14.2 Å². The Labute approximate surface area is 149 Å². The van der Waals surface area contributed by atoms with Crippen molar-refractivity contribution in [2.75, 3.05) is 53.2 Å². The Morgan fingerprint density at radius 1 is 1.00 bits per heavy atom. The zero-order valence-corrected chi connectivity index (χ0v) is 15.0. The molecule has 0 unspecified atom stereocenters. The predicted molar refractivity (Wildman–Crippen MR) is 94.7 cm³/mol. The first-order valence-corrected chi connectivity index (χ1v) is 8.38. The minimum atomic E-state index is -0.205. The second-order valence-electron chi connectivity index (χ2n) is 5.41. The highest BCUT2D eigenvalue weighted by Gasteiger charge is 2.04. The van der Waals surface area contributed by atoms with E-state index in [2.05, 4.69) is 10.6 Å². The number of hydrogen-bond donors (Lipinski definition) is 2. The Kier molecular flexibility index (Phi) is 11.5. The number of nitrogens with one attached hydrogen (secondary N) is 2. The number of amides is 1. The molecule has 0 heterocycles. The van der Waals surface area contributed by atoms with Crippen LogP contribution in [0.1, 0.15) is 22.8 Å². The lowest BCUT2D eigenvalue weighted by atomic mass is 10.1. The molecule has 0 saturated heterocycles. The Morgan fingerprint density at radius 3 is 2.36 bits per heavy atom. The van der Waals surface area contributed by atoms with Crippen LogP contribution in [0.15, 0.2) is 24.3 Å². The van der Waals surface area contributed by atoms with Crippen LogP contribution in [-0.4, -0.2) is 64.9 Å². The summed E-state index contributed by atoms with van der Waals surface area (Å²) in [5.74, 6) is -0.201. The van der Waals surface area contributed by atoms with Crippen LogP contribution < -0.4 is 10.6 Å². The molecule has 0 aliphatic rings. The molecule has 1 aromatic rings. The molecule has 0 aliphatic carbocycles. The lowest BCUT2D eigenvalue weighted by Crippen LogP contribution is -2.27. The van der Waals surface area contributed by atoms with Crippen LogP contribution in [0, 0.1) is 0 Å². The smallest absolute Gasteiger partial charge is 0.246 e. The van der Waals surface area contributed by atoms with Gasteiger partial charge >= 0.3 is 0 Å². The van der Waals surface area contributed by atoms with Crippen molar-refractivity contribution in [1.29, 1.82) is 0 Å². The lowest BCUT2D eigenvalue weighted by Gasteiger charge is -2.08. The Morgan fingerprint density at radius 2 is 1.68 bits per heavy atom. The summed E-state index contributed by atoms with van der Waals surface area (Å²) in [4.78, 5) is 23.0. The van der Waals surface area contributed by atoms with Gasteiger partial charge in [-0.2, -0.15) is 0 Å². The first-order valence-electron chi connectivity index (χ1n) is 8.38. The largest absolute Gasteiger partial charge is 0.378 e. The van der Waals surface area contributed by atoms with Gasteiger partial charge in [-0.25, -0.2) is 0 Å². The average Bonchev–Trinajstić information content (AvgIpc) is 2.61. The quantitative estimate of drug-likeness (QED) is 0.380. The van der Waals surface area contributed by atoms with Gasteiger partial charge < -0.3 is 24.8 Å². The van der Waals surface area contributed by atoms with Crippen molar-refractivity contribution in [2.45, 2.75) is 13.5 Å². The van der Waals surface area contributed by atoms with Gasteiger partial charge in [0.2, 0.25) is 5.91 Å². The van der Waals surface area contributed by atoms with Crippen molar-refractivity contribution in [2.24, 2.45) is 0 Å². The standard InChI is InChI=1S/C18H28N2O5/c1-15(21)17-5-3-4-16(12-17)13-20-18(22)14-25-11-10-24-9-8-23-7-6-19-2/h3-5,12,19H,6-11,13-14H2,1-2H3,(H,20,22). The third kappa shape index (κ3) is 10.6. The van der Waals surface area contributed by atoms with Crippen LogP contribution in [0.4, 0.5) is 0 Å². The number of ether oxygens (including phenoxy) is 3. The van der Waals surface area contributed by atoms with Gasteiger partial charge in [0.15, 0.2) is 5.78 Å². The van der Waals surface area contributed by atoms with E-state index in [1.807, 2.05) is 13.1 Å². The molecule has 1 rings (SSSR count). The first kappa shape index (κ1) is 21.2. The summed E-state index contributed by atoms with van der Waals surface area (Å²) in [7, 11) is 1.87. The summed E-state index contributed by atoms with van der Waals surface area (Å²) < 4.78 is 15.9. The van der Waals surface area contributed by atoms with Crippen molar-refractivity contribution in [3.63, 3.8) is 0 Å². The summed E-state index contributed by atoms with van der Waals surface area (Å²) in [5.41, 5.74) is 1.51. The molecular formula is C18H28N2O5. The average molecular weight is 352 g/mol. The van der Waals surface area contributed by atoms with E-state index in [1.165, 1.54) is 6.92 Å². The summed E-state index contributed by atoms with van der Waals surface area (Å²) >= 11 is 0. The molecule has 1 aromatic carbocycles. The molecule has 25 heavy (non-hydrogen) atoms. The van der Waals surface area contributed by atoms with Gasteiger partial charge in [-0.3, -0.25) is 9.59 Å². The van der Waals surface area contributed by atoms with E-state index in [0.717, 1.165) is 12.1 Å². The maximum Gasteiger partial charge on any atom is 0.246 e. The summed E-state index contributed by atoms with van der Waals surface area (Å²) in [6, 6.07) is 7.19. The van der Waals surface area contributed by atoms with Gasteiger partial charge in [-0.05, 0) is 25.6 Å². The number of carbonyl (C=O) groups is 2. The molecule has 0 spiro atoms. The molecule has 140 valence electrons. The minimum Gasteiger partial charge on any atom is -0.378 e. The number of ketones is 1. The second-order valence-corrected chi connectivity index (χ2v) is 5.41. The molecule has 2 N–H and O–H groups in total. The Balaban J connectivity index is 2.02. The van der Waals surface area contributed by atoms with Gasteiger partial charge in [0.05, 0.1) is 33.0 Å². The summed E-state index contributed by atoms with van der Waals surface area (Å²) in [6.45, 7) is 5.16. The fourth-order valence-electron chi connectivity index (χ4n) is 1.93. The van der Waals surface area contributed by atoms with Gasteiger partial charge in [0.1, 0.15) is 6.61 Å². The van der Waals surface area contributed by atoms with E-state index >= 15 is 0 Å². The van der Waals surface area contributed by atoms with Crippen LogP contribution in [0.2, 0.25) is 0 Å². The summed E-state index contributed by atoms with van der Waals surface area (Å²) in [5, 5.41) is 5.74. The lowest BCUT2D eigenvalue weighted by molar-refractivity contribution is -0.126. The van der Waals surface area contributed by atoms with Gasteiger partial charge in [0, 0.05) is 18.7 Å². The molecule has 0 fully saturated rings. The zero-order valence-electron chi connectivity index (χ0n) is 15.0. The molecule has 0 aromatic heterocycles. The number of carbonyl (C=O) groups excluding carboxylic acids is 2. The second kappa shape index (κ2) is 13.5. The molecular weight excluding hydrogens is 324 g/mol. The van der Waals surface area contributed by atoms with E-state index in [9.17, 15) is 9.59 Å². The van der Waals surface area contributed by atoms with E-state index in [-0.39, 0.29) is 18.3 Å². The molecule has 0 atom stereocenters. The molecule has 0 aliphatic heterocycles. The van der Waals surface area contributed by atoms with E-state index in [0.29, 0.717) is 45.1 Å². The molecule has 7 nitrogen and oxygen atoms in total. The number of hydrogen-bond acceptors (Lipinski definition) is 6. The predicted octanol–water partition coefficient (Wildman–Crippen LogP) is 0.775. The van der Waals surface area contributed by atoms with Crippen molar-refractivity contribution in [1.82, 2.24) is 10.6 Å². The topological polar surface area (TPSA) is 85.9 Å². The van der Waals surface area contributed by atoms with E-state index in [1.54, 1.807) is 18.2 Å². The zero-order chi connectivity index (χ0) is 18.3. The highest BCUT2D eigenvalue weighted by atomic mass is 16.5. The van der Waals surface area contributed by atoms with Crippen molar-refractivity contribution >= 4 is 11.7 Å². The fraction of sp³-hybridized carbons (Fsp3) is 0.556. The maximum atomic E-state index is 11.7. The fourth-order valence-corrected chi connectivity index (χ4v) is 1.93. The third-order valence-electron chi connectivity index (χ3n) is 3.30. The number of likely N-dealkylation sites (N-methyl/N-ethyl adjacent to an activating group) is 1. The van der Waals surface area contributed by atoms with Crippen LogP contribution in [0.3, 0.4) is 0 Å². The Hall–Kier alpha value is -1.80. The number of benzene rings is 1. The maximum absolute atomic E-state index is 11.7. The molecule has 0 radical (unpaired) electrons. The van der Waals surface area contributed by atoms with Gasteiger partial charge in [-0.1, -0.05) is 18.2 Å². The van der Waals surface area contributed by atoms with Gasteiger partial charge in [0.25, 0.3) is 0 Å². The van der Waals surface area contributed by atoms with E-state index < -0.39 is 0 Å². The first-order chi connectivity index (χ1) is 12.1. The molecule has 0 bridgehead atoms. The number of Topliss-reactive ketones (excluding diaryl/α,β-unsaturated/α-hetero) is 1. The SMILES string of the molecule is CNCCOCCOCCOCC(=O)NCc1cccc(C(C)=O)c1. The molecule has 0 saturated carbocycles. The molecule has 1 amide bonds. The monoisotopic (exact) mass is 352 g/mol. The third-order valence-corrected chi connectivity index (χ3v) is 3.30. The highest BCUT2D eigenvalue weighted by molar-refractivity contribution is 5.94. The number of rotatable bonds is 14. The van der Waals surface area contributed by atoms with Crippen molar-refractivity contribution in [3.05, 3.63) is 35.4 Å².